The summed E-state index contributed by atoms with van der Waals surface area (Å²) in [4.78, 5) is 38.5. The van der Waals surface area contributed by atoms with Gasteiger partial charge in [0, 0.05) is 19.3 Å². The maximum absolute atomic E-state index is 13.0. The van der Waals surface area contributed by atoms with Crippen molar-refractivity contribution in [2.45, 2.75) is 341 Å². The smallest absolute Gasteiger partial charge is 0.306 e. The van der Waals surface area contributed by atoms with Crippen molar-refractivity contribution in [1.29, 1.82) is 0 Å². The molecule has 80 heavy (non-hydrogen) atoms. The molecule has 6 nitrogen and oxygen atoms in total. The number of carbonyl (C=O) groups is 3. The summed E-state index contributed by atoms with van der Waals surface area (Å²) in [6.45, 7) is 6.53. The zero-order valence-corrected chi connectivity index (χ0v) is 52.8. The molecule has 0 aromatic carbocycles. The molecule has 0 aromatic heterocycles. The highest BCUT2D eigenvalue weighted by Crippen LogP contribution is 2.17. The summed E-state index contributed by atoms with van der Waals surface area (Å²) in [5.74, 6) is -0.891. The van der Waals surface area contributed by atoms with Crippen LogP contribution < -0.4 is 0 Å². The Balaban J connectivity index is 4.41. The molecule has 0 amide bonds. The Morgan fingerprint density at radius 2 is 0.487 bits per heavy atom. The van der Waals surface area contributed by atoms with Crippen molar-refractivity contribution in [3.63, 3.8) is 0 Å². The minimum Gasteiger partial charge on any atom is -0.462 e. The van der Waals surface area contributed by atoms with Crippen molar-refractivity contribution in [3.05, 3.63) is 97.2 Å². The van der Waals surface area contributed by atoms with Gasteiger partial charge in [-0.15, -0.1) is 0 Å². The summed E-state index contributed by atoms with van der Waals surface area (Å²) in [6.07, 6.45) is 91.3. The molecule has 0 saturated carbocycles. The van der Waals surface area contributed by atoms with E-state index in [1.165, 1.54) is 180 Å². The van der Waals surface area contributed by atoms with Gasteiger partial charge in [-0.1, -0.05) is 311 Å². The second-order valence-electron chi connectivity index (χ2n) is 22.7. The quantitative estimate of drug-likeness (QED) is 0.0261. The normalized spacial score (nSPS) is 12.7. The molecule has 0 N–H and O–H groups in total. The summed E-state index contributed by atoms with van der Waals surface area (Å²) < 4.78 is 17.0. The molecule has 1 atom stereocenters. The third-order valence-corrected chi connectivity index (χ3v) is 14.8. The van der Waals surface area contributed by atoms with E-state index in [-0.39, 0.29) is 31.1 Å². The molecule has 0 radical (unpaired) electrons. The van der Waals surface area contributed by atoms with Crippen LogP contribution in [-0.2, 0) is 28.6 Å². The minimum absolute atomic E-state index is 0.0856. The average molecular weight is 1110 g/mol. The number of esters is 3. The van der Waals surface area contributed by atoms with Crippen LogP contribution in [0.2, 0.25) is 0 Å². The number of allylic oxidation sites excluding steroid dienone is 16. The molecular weight excluding hydrogens is 985 g/mol. The lowest BCUT2D eigenvalue weighted by atomic mass is 10.0. The van der Waals surface area contributed by atoms with E-state index in [2.05, 4.69) is 118 Å². The Morgan fingerprint density at radius 3 is 0.787 bits per heavy atom. The molecule has 0 heterocycles. The van der Waals surface area contributed by atoms with Gasteiger partial charge in [-0.2, -0.15) is 0 Å². The molecular formula is C74H128O6. The van der Waals surface area contributed by atoms with E-state index in [9.17, 15) is 14.4 Å². The predicted octanol–water partition coefficient (Wildman–Crippen LogP) is 23.6. The van der Waals surface area contributed by atoms with Crippen LogP contribution in [0, 0.1) is 0 Å². The average Bonchev–Trinajstić information content (AvgIpc) is 3.46. The van der Waals surface area contributed by atoms with E-state index in [0.717, 1.165) is 116 Å². The van der Waals surface area contributed by atoms with Crippen molar-refractivity contribution in [2.24, 2.45) is 0 Å². The van der Waals surface area contributed by atoms with Gasteiger partial charge in [-0.3, -0.25) is 14.4 Å². The lowest BCUT2D eigenvalue weighted by Crippen LogP contribution is -2.30. The Bertz CT molecular complexity index is 1560. The fourth-order valence-electron chi connectivity index (χ4n) is 9.71. The van der Waals surface area contributed by atoms with Crippen molar-refractivity contribution >= 4 is 17.9 Å². The maximum Gasteiger partial charge on any atom is 0.306 e. The number of carbonyl (C=O) groups excluding carboxylic acids is 3. The molecule has 0 aliphatic carbocycles. The number of hydrogen-bond acceptors (Lipinski definition) is 6. The number of hydrogen-bond donors (Lipinski definition) is 0. The number of rotatable bonds is 62. The van der Waals surface area contributed by atoms with Crippen molar-refractivity contribution in [1.82, 2.24) is 0 Å². The second kappa shape index (κ2) is 67.8. The number of unbranched alkanes of at least 4 members (excludes halogenated alkanes) is 35. The molecule has 0 aliphatic rings. The molecule has 460 valence electrons. The van der Waals surface area contributed by atoms with Gasteiger partial charge in [-0.25, -0.2) is 0 Å². The molecule has 0 rings (SSSR count). The summed E-state index contributed by atoms with van der Waals surface area (Å²) in [7, 11) is 0. The highest BCUT2D eigenvalue weighted by molar-refractivity contribution is 5.71. The Morgan fingerprint density at radius 1 is 0.263 bits per heavy atom. The first kappa shape index (κ1) is 76.3. The van der Waals surface area contributed by atoms with Crippen LogP contribution in [0.4, 0.5) is 0 Å². The lowest BCUT2D eigenvalue weighted by molar-refractivity contribution is -0.167. The third-order valence-electron chi connectivity index (χ3n) is 14.8. The fourth-order valence-corrected chi connectivity index (χ4v) is 9.71. The van der Waals surface area contributed by atoms with E-state index >= 15 is 0 Å². The SMILES string of the molecule is CC/C=C\C/C=C\C/C=C\C/C=C\C/C=C\CCCCCCCCCC(=O)OCC(COC(=O)CCCCCCCC/C=C\C/C=C\C/C=C\CCCCC)OC(=O)CCCCCCCCCCCCCCCCCCCCCC. The Hall–Kier alpha value is -3.67. The highest BCUT2D eigenvalue weighted by Gasteiger charge is 2.19. The zero-order chi connectivity index (χ0) is 57.8. The molecule has 0 saturated heterocycles. The van der Waals surface area contributed by atoms with Crippen LogP contribution in [0.25, 0.3) is 0 Å². The van der Waals surface area contributed by atoms with Crippen LogP contribution >= 0.6 is 0 Å². The van der Waals surface area contributed by atoms with Crippen molar-refractivity contribution in [2.75, 3.05) is 13.2 Å². The topological polar surface area (TPSA) is 78.9 Å². The van der Waals surface area contributed by atoms with E-state index < -0.39 is 6.10 Å². The van der Waals surface area contributed by atoms with Crippen LogP contribution in [-0.4, -0.2) is 37.2 Å². The van der Waals surface area contributed by atoms with Gasteiger partial charge in [0.15, 0.2) is 6.10 Å². The van der Waals surface area contributed by atoms with Crippen LogP contribution in [0.5, 0.6) is 0 Å². The van der Waals surface area contributed by atoms with Gasteiger partial charge < -0.3 is 14.2 Å². The predicted molar refractivity (Wildman–Crippen MR) is 348 cm³/mol. The largest absolute Gasteiger partial charge is 0.462 e. The summed E-state index contributed by atoms with van der Waals surface area (Å²) >= 11 is 0. The van der Waals surface area contributed by atoms with E-state index in [1.54, 1.807) is 0 Å². The summed E-state index contributed by atoms with van der Waals surface area (Å²) in [5, 5.41) is 0. The van der Waals surface area contributed by atoms with Gasteiger partial charge in [0.2, 0.25) is 0 Å². The summed E-state index contributed by atoms with van der Waals surface area (Å²) in [6, 6.07) is 0. The van der Waals surface area contributed by atoms with Crippen LogP contribution in [0.15, 0.2) is 97.2 Å². The molecule has 0 bridgehead atoms. The van der Waals surface area contributed by atoms with Gasteiger partial charge in [-0.05, 0) is 103 Å². The van der Waals surface area contributed by atoms with E-state index in [1.807, 2.05) is 0 Å². The highest BCUT2D eigenvalue weighted by atomic mass is 16.6. The molecule has 0 fully saturated rings. The monoisotopic (exact) mass is 1110 g/mol. The maximum atomic E-state index is 13.0. The first-order valence-corrected chi connectivity index (χ1v) is 34.2. The Labute approximate surface area is 496 Å². The first-order valence-electron chi connectivity index (χ1n) is 34.2. The molecule has 0 aromatic rings. The third kappa shape index (κ3) is 65.1. The molecule has 6 heteroatoms. The Kier molecular flexibility index (Phi) is 64.7. The fraction of sp³-hybridized carbons (Fsp3) is 0.743. The van der Waals surface area contributed by atoms with Gasteiger partial charge in [0.1, 0.15) is 13.2 Å². The van der Waals surface area contributed by atoms with Gasteiger partial charge in [0.25, 0.3) is 0 Å². The number of ether oxygens (including phenoxy) is 3. The van der Waals surface area contributed by atoms with Crippen molar-refractivity contribution < 1.29 is 28.6 Å². The van der Waals surface area contributed by atoms with E-state index in [4.69, 9.17) is 14.2 Å². The van der Waals surface area contributed by atoms with Gasteiger partial charge >= 0.3 is 17.9 Å². The van der Waals surface area contributed by atoms with Crippen molar-refractivity contribution in [3.8, 4) is 0 Å². The van der Waals surface area contributed by atoms with Crippen LogP contribution in [0.3, 0.4) is 0 Å². The second-order valence-corrected chi connectivity index (χ2v) is 22.7. The standard InChI is InChI=1S/C74H128O6/c1-4-7-10-13-16-19-22-25-28-31-34-36-37-38-41-43-46-49-52-55-58-61-64-67-73(76)79-70-71(69-78-72(75)66-63-60-57-54-51-48-45-42-39-33-30-27-24-21-18-15-12-9-6-3)80-74(77)68-65-62-59-56-53-50-47-44-40-35-32-29-26-23-20-17-14-11-8-5-2/h7,10,16,18-19,21,25,27-28,30,34,36,38-39,41-42,71H,4-6,8-9,11-15,17,20,22-24,26,29,31-33,35,37,40,43-70H2,1-3H3/b10-7-,19-16-,21-18-,28-25-,30-27-,36-34-,41-38-,42-39-. The summed E-state index contributed by atoms with van der Waals surface area (Å²) in [5.41, 5.74) is 0. The molecule has 1 unspecified atom stereocenters. The molecule has 0 spiro atoms. The van der Waals surface area contributed by atoms with Crippen LogP contribution in [0.1, 0.15) is 335 Å². The lowest BCUT2D eigenvalue weighted by Gasteiger charge is -2.18. The van der Waals surface area contributed by atoms with Gasteiger partial charge in [0.05, 0.1) is 0 Å². The molecule has 0 aliphatic heterocycles. The minimum atomic E-state index is -0.789. The van der Waals surface area contributed by atoms with E-state index in [0.29, 0.717) is 19.3 Å². The zero-order valence-electron chi connectivity index (χ0n) is 52.8. The first-order chi connectivity index (χ1) is 39.5.